The normalized spacial score (nSPS) is 11.5. The monoisotopic (exact) mass is 670 g/mol. The van der Waals surface area contributed by atoms with Crippen molar-refractivity contribution >= 4 is 70.4 Å². The van der Waals surface area contributed by atoms with Crippen LogP contribution in [0.4, 0.5) is 17.1 Å². The average Bonchev–Trinajstić information content (AvgIpc) is 3.79. The maximum absolute atomic E-state index is 6.29. The van der Waals surface area contributed by atoms with Crippen LogP contribution in [0.3, 0.4) is 0 Å². The number of anilines is 3. The van der Waals surface area contributed by atoms with Crippen molar-refractivity contribution in [2.24, 2.45) is 0 Å². The topological polar surface area (TPSA) is 29.3 Å². The summed E-state index contributed by atoms with van der Waals surface area (Å²) in [6.45, 7) is 0. The van der Waals surface area contributed by atoms with Gasteiger partial charge in [0.2, 0.25) is 5.89 Å². The zero-order valence-corrected chi connectivity index (χ0v) is 28.3. The summed E-state index contributed by atoms with van der Waals surface area (Å²) in [7, 11) is 0. The molecule has 8 aromatic carbocycles. The Labute approximate surface area is 299 Å². The van der Waals surface area contributed by atoms with Crippen molar-refractivity contribution in [3.05, 3.63) is 182 Å². The number of fused-ring (bicyclic) bond motifs is 5. The zero-order chi connectivity index (χ0) is 33.7. The van der Waals surface area contributed by atoms with Gasteiger partial charge in [-0.15, -0.1) is 11.3 Å². The van der Waals surface area contributed by atoms with Crippen LogP contribution in [0, 0.1) is 0 Å². The summed E-state index contributed by atoms with van der Waals surface area (Å²) in [5.41, 5.74) is 10.7. The summed E-state index contributed by atoms with van der Waals surface area (Å²) < 4.78 is 8.67. The van der Waals surface area contributed by atoms with E-state index < -0.39 is 0 Å². The summed E-state index contributed by atoms with van der Waals surface area (Å²) in [5.74, 6) is 0.643. The van der Waals surface area contributed by atoms with E-state index >= 15 is 0 Å². The Bertz CT molecular complexity index is 2850. The number of aromatic nitrogens is 1. The molecule has 0 saturated heterocycles. The minimum atomic E-state index is 0.643. The van der Waals surface area contributed by atoms with Gasteiger partial charge >= 0.3 is 0 Å². The van der Waals surface area contributed by atoms with E-state index in [0.717, 1.165) is 33.7 Å². The third kappa shape index (κ3) is 5.25. The second kappa shape index (κ2) is 12.1. The molecule has 240 valence electrons. The van der Waals surface area contributed by atoms with Crippen molar-refractivity contribution in [2.45, 2.75) is 0 Å². The molecule has 51 heavy (non-hydrogen) atoms. The molecule has 0 fully saturated rings. The van der Waals surface area contributed by atoms with Crippen LogP contribution < -0.4 is 4.90 Å². The average molecular weight is 671 g/mol. The predicted molar refractivity (Wildman–Crippen MR) is 215 cm³/mol. The molecule has 0 saturated carbocycles. The lowest BCUT2D eigenvalue weighted by Gasteiger charge is -2.27. The molecule has 0 radical (unpaired) electrons. The lowest BCUT2D eigenvalue weighted by Crippen LogP contribution is -2.10. The molecule has 0 aliphatic rings. The number of oxazole rings is 1. The van der Waals surface area contributed by atoms with Gasteiger partial charge in [0.05, 0.1) is 10.4 Å². The van der Waals surface area contributed by atoms with Crippen LogP contribution in [-0.2, 0) is 0 Å². The van der Waals surface area contributed by atoms with Gasteiger partial charge in [0.15, 0.2) is 5.58 Å². The molecule has 10 aromatic rings. The third-order valence-electron chi connectivity index (χ3n) is 9.67. The highest BCUT2D eigenvalue weighted by Gasteiger charge is 2.20. The Morgan fingerprint density at radius 1 is 0.451 bits per heavy atom. The highest BCUT2D eigenvalue weighted by Crippen LogP contribution is 2.46. The van der Waals surface area contributed by atoms with Crippen LogP contribution in [0.5, 0.6) is 0 Å². The summed E-state index contributed by atoms with van der Waals surface area (Å²) in [6, 6.07) is 64.7. The first-order chi connectivity index (χ1) is 25.2. The first-order valence-corrected chi connectivity index (χ1v) is 17.9. The molecule has 3 nitrogen and oxygen atoms in total. The van der Waals surface area contributed by atoms with Crippen molar-refractivity contribution < 1.29 is 4.42 Å². The second-order valence-corrected chi connectivity index (χ2v) is 13.9. The number of hydrogen-bond acceptors (Lipinski definition) is 4. The maximum Gasteiger partial charge on any atom is 0.227 e. The van der Waals surface area contributed by atoms with E-state index in [1.54, 1.807) is 11.3 Å². The van der Waals surface area contributed by atoms with Crippen molar-refractivity contribution in [3.8, 4) is 33.7 Å². The number of nitrogens with zero attached hydrogens (tertiary/aromatic N) is 2. The lowest BCUT2D eigenvalue weighted by atomic mass is 10.0. The van der Waals surface area contributed by atoms with E-state index in [2.05, 4.69) is 157 Å². The smallest absolute Gasteiger partial charge is 0.227 e. The maximum atomic E-state index is 6.29. The molecule has 0 spiro atoms. The van der Waals surface area contributed by atoms with E-state index in [1.165, 1.54) is 53.2 Å². The van der Waals surface area contributed by atoms with Crippen LogP contribution in [0.2, 0.25) is 0 Å². The van der Waals surface area contributed by atoms with Gasteiger partial charge in [-0.3, -0.25) is 0 Å². The Kier molecular flexibility index (Phi) is 7.00. The molecule has 0 amide bonds. The van der Waals surface area contributed by atoms with Gasteiger partial charge in [-0.1, -0.05) is 121 Å². The fraction of sp³-hybridized carbons (Fsp3) is 0. The van der Waals surface area contributed by atoms with Gasteiger partial charge in [-0.05, 0) is 87.6 Å². The lowest BCUT2D eigenvalue weighted by molar-refractivity contribution is 0.620. The van der Waals surface area contributed by atoms with Crippen molar-refractivity contribution in [1.82, 2.24) is 4.98 Å². The van der Waals surface area contributed by atoms with E-state index in [0.29, 0.717) is 5.89 Å². The van der Waals surface area contributed by atoms with Gasteiger partial charge in [-0.2, -0.15) is 0 Å². The molecule has 0 bridgehead atoms. The molecule has 2 heterocycles. The molecule has 0 aliphatic heterocycles. The summed E-state index contributed by atoms with van der Waals surface area (Å²) >= 11 is 1.80. The van der Waals surface area contributed by atoms with Crippen LogP contribution in [0.1, 0.15) is 0 Å². The molecule has 2 aromatic heterocycles. The van der Waals surface area contributed by atoms with Crippen molar-refractivity contribution in [3.63, 3.8) is 0 Å². The van der Waals surface area contributed by atoms with Gasteiger partial charge in [0, 0.05) is 38.5 Å². The number of benzene rings is 8. The van der Waals surface area contributed by atoms with E-state index in [4.69, 9.17) is 9.40 Å². The quantitative estimate of drug-likeness (QED) is 0.176. The molecule has 4 heteroatoms. The van der Waals surface area contributed by atoms with Gasteiger partial charge in [0.1, 0.15) is 5.52 Å². The Morgan fingerprint density at radius 2 is 1.12 bits per heavy atom. The van der Waals surface area contributed by atoms with Gasteiger partial charge in [0.25, 0.3) is 0 Å². The predicted octanol–water partition coefficient (Wildman–Crippen LogP) is 13.8. The zero-order valence-electron chi connectivity index (χ0n) is 27.5. The number of thiophene rings is 1. The largest absolute Gasteiger partial charge is 0.436 e. The Morgan fingerprint density at radius 3 is 1.94 bits per heavy atom. The molecule has 0 N–H and O–H groups in total. The summed E-state index contributed by atoms with van der Waals surface area (Å²) in [5, 5.41) is 4.88. The van der Waals surface area contributed by atoms with Crippen LogP contribution in [0.25, 0.3) is 75.8 Å². The molecular formula is C47H30N2OS. The molecule has 0 unspecified atom stereocenters. The van der Waals surface area contributed by atoms with Crippen LogP contribution >= 0.6 is 11.3 Å². The Balaban J connectivity index is 1.12. The third-order valence-corrected chi connectivity index (χ3v) is 10.9. The molecule has 0 atom stereocenters. The highest BCUT2D eigenvalue weighted by atomic mass is 32.1. The van der Waals surface area contributed by atoms with E-state index in [9.17, 15) is 0 Å². The fourth-order valence-electron chi connectivity index (χ4n) is 7.14. The number of rotatable bonds is 6. The second-order valence-electron chi connectivity index (χ2n) is 12.8. The molecule has 10 rings (SSSR count). The number of hydrogen-bond donors (Lipinski definition) is 0. The fourth-order valence-corrected chi connectivity index (χ4v) is 8.36. The summed E-state index contributed by atoms with van der Waals surface area (Å²) in [6.07, 6.45) is 0. The van der Waals surface area contributed by atoms with Crippen LogP contribution in [-0.4, -0.2) is 4.98 Å². The van der Waals surface area contributed by atoms with Crippen molar-refractivity contribution in [2.75, 3.05) is 4.90 Å². The standard InChI is InChI=1S/C47H30N2OS/c1-3-11-31(12-4-1)36-17-9-18-39(28-36)49(38-25-23-33(24-26-38)37-22-21-32-13-7-8-16-35(32)27-37)43-20-10-19-40-41-29-42-44(30-45(41)51-46(40)43)50-47(48-42)34-14-5-2-6-15-34/h1-30H. The van der Waals surface area contributed by atoms with Gasteiger partial charge in [-0.25, -0.2) is 4.98 Å². The molecule has 0 aliphatic carbocycles. The minimum Gasteiger partial charge on any atom is -0.436 e. The summed E-state index contributed by atoms with van der Waals surface area (Å²) in [4.78, 5) is 7.28. The minimum absolute atomic E-state index is 0.643. The van der Waals surface area contributed by atoms with E-state index in [1.807, 2.05) is 30.3 Å². The SMILES string of the molecule is c1ccc(-c2cccc(N(c3ccc(-c4ccc5ccccc5c4)cc3)c3cccc4c3sc3cc5oc(-c6ccccc6)nc5cc34)c2)cc1. The first kappa shape index (κ1) is 29.4. The Hall–Kier alpha value is -6.49. The highest BCUT2D eigenvalue weighted by molar-refractivity contribution is 7.26. The molecular weight excluding hydrogens is 641 g/mol. The van der Waals surface area contributed by atoms with Crippen LogP contribution in [0.15, 0.2) is 186 Å². The van der Waals surface area contributed by atoms with Crippen molar-refractivity contribution in [1.29, 1.82) is 0 Å². The first-order valence-electron chi connectivity index (χ1n) is 17.1. The van der Waals surface area contributed by atoms with E-state index in [-0.39, 0.29) is 0 Å². The van der Waals surface area contributed by atoms with Gasteiger partial charge < -0.3 is 9.32 Å².